The van der Waals surface area contributed by atoms with E-state index in [0.29, 0.717) is 31.7 Å². The van der Waals surface area contributed by atoms with Gasteiger partial charge in [0.15, 0.2) is 0 Å². The molecule has 3 N–H and O–H groups in total. The van der Waals surface area contributed by atoms with Crippen molar-refractivity contribution >= 4 is 17.6 Å². The standard InChI is InChI=1S/C20H23N3O4/c1-13-5-6-17(9-21-13)22-19(25)15-8-16(20(26)27)12-23(11-15)10-14-3-2-4-18(24)7-14/h2-7,9,15-16,24H,8,10-12H2,1H3,(H,22,25)(H,26,27)/t15-,16-/m0/s1. The third-order valence-corrected chi connectivity index (χ3v) is 4.74. The Labute approximate surface area is 157 Å². The number of nitrogens with zero attached hydrogens (tertiary/aromatic N) is 2. The first kappa shape index (κ1) is 18.8. The lowest BCUT2D eigenvalue weighted by molar-refractivity contribution is -0.145. The van der Waals surface area contributed by atoms with Gasteiger partial charge in [-0.05, 0) is 43.2 Å². The SMILES string of the molecule is Cc1ccc(NC(=O)[C@H]2C[C@H](C(=O)O)CN(Cc3cccc(O)c3)C2)cn1. The van der Waals surface area contributed by atoms with Crippen molar-refractivity contribution in [1.82, 2.24) is 9.88 Å². The number of carbonyl (C=O) groups is 2. The highest BCUT2D eigenvalue weighted by Crippen LogP contribution is 2.25. The number of benzene rings is 1. The fraction of sp³-hybridized carbons (Fsp3) is 0.350. The van der Waals surface area contributed by atoms with Gasteiger partial charge in [0, 0.05) is 25.3 Å². The third kappa shape index (κ3) is 5.04. The number of anilines is 1. The lowest BCUT2D eigenvalue weighted by atomic mass is 9.88. The summed E-state index contributed by atoms with van der Waals surface area (Å²) in [7, 11) is 0. The Hall–Kier alpha value is -2.93. The summed E-state index contributed by atoms with van der Waals surface area (Å²) >= 11 is 0. The summed E-state index contributed by atoms with van der Waals surface area (Å²) in [6.07, 6.45) is 1.90. The maximum absolute atomic E-state index is 12.7. The van der Waals surface area contributed by atoms with Crippen molar-refractivity contribution in [2.24, 2.45) is 11.8 Å². The summed E-state index contributed by atoms with van der Waals surface area (Å²) in [5.41, 5.74) is 2.33. The summed E-state index contributed by atoms with van der Waals surface area (Å²) in [6.45, 7) is 3.18. The molecule has 1 aliphatic rings. The number of aliphatic carboxylic acids is 1. The second-order valence-corrected chi connectivity index (χ2v) is 7.01. The summed E-state index contributed by atoms with van der Waals surface area (Å²) in [5, 5.41) is 21.9. The maximum atomic E-state index is 12.7. The minimum absolute atomic E-state index is 0.167. The van der Waals surface area contributed by atoms with Crippen LogP contribution >= 0.6 is 0 Å². The molecule has 1 amide bonds. The summed E-state index contributed by atoms with van der Waals surface area (Å²) in [6, 6.07) is 10.4. The molecule has 0 spiro atoms. The fourth-order valence-corrected chi connectivity index (χ4v) is 3.39. The highest BCUT2D eigenvalue weighted by Gasteiger charge is 2.35. The topological polar surface area (TPSA) is 103 Å². The van der Waals surface area contributed by atoms with E-state index in [1.165, 1.54) is 0 Å². The average Bonchev–Trinajstić information content (AvgIpc) is 2.63. The van der Waals surface area contributed by atoms with E-state index in [-0.39, 0.29) is 11.7 Å². The largest absolute Gasteiger partial charge is 0.508 e. The maximum Gasteiger partial charge on any atom is 0.307 e. The lowest BCUT2D eigenvalue weighted by Crippen LogP contribution is -2.46. The van der Waals surface area contributed by atoms with Crippen molar-refractivity contribution in [3.63, 3.8) is 0 Å². The van der Waals surface area contributed by atoms with Crippen molar-refractivity contribution in [2.75, 3.05) is 18.4 Å². The Kier molecular flexibility index (Phi) is 5.71. The molecule has 0 aliphatic carbocycles. The van der Waals surface area contributed by atoms with E-state index in [2.05, 4.69) is 10.3 Å². The van der Waals surface area contributed by atoms with Gasteiger partial charge < -0.3 is 15.5 Å². The van der Waals surface area contributed by atoms with Gasteiger partial charge in [-0.2, -0.15) is 0 Å². The zero-order valence-electron chi connectivity index (χ0n) is 15.1. The highest BCUT2D eigenvalue weighted by molar-refractivity contribution is 5.93. The van der Waals surface area contributed by atoms with Crippen LogP contribution in [0.15, 0.2) is 42.6 Å². The first-order chi connectivity index (χ1) is 12.9. The minimum atomic E-state index is -0.898. The molecule has 1 aliphatic heterocycles. The number of piperidine rings is 1. The number of phenols is 1. The minimum Gasteiger partial charge on any atom is -0.508 e. The van der Waals surface area contributed by atoms with Crippen LogP contribution in [0, 0.1) is 18.8 Å². The van der Waals surface area contributed by atoms with Gasteiger partial charge in [0.05, 0.1) is 23.7 Å². The van der Waals surface area contributed by atoms with Crippen molar-refractivity contribution < 1.29 is 19.8 Å². The molecule has 142 valence electrons. The zero-order valence-corrected chi connectivity index (χ0v) is 15.1. The number of hydrogen-bond acceptors (Lipinski definition) is 5. The van der Waals surface area contributed by atoms with E-state index in [0.717, 1.165) is 11.3 Å². The van der Waals surface area contributed by atoms with Gasteiger partial charge in [0.1, 0.15) is 5.75 Å². The number of rotatable bonds is 5. The van der Waals surface area contributed by atoms with Crippen LogP contribution < -0.4 is 5.32 Å². The van der Waals surface area contributed by atoms with E-state index in [4.69, 9.17) is 0 Å². The second kappa shape index (κ2) is 8.18. The first-order valence-corrected chi connectivity index (χ1v) is 8.87. The Morgan fingerprint density at radius 2 is 2.00 bits per heavy atom. The molecule has 7 nitrogen and oxygen atoms in total. The van der Waals surface area contributed by atoms with Gasteiger partial charge in [-0.15, -0.1) is 0 Å². The quantitative estimate of drug-likeness (QED) is 0.747. The number of carboxylic acids is 1. The Morgan fingerprint density at radius 1 is 1.22 bits per heavy atom. The van der Waals surface area contributed by atoms with Gasteiger partial charge in [-0.25, -0.2) is 0 Å². The van der Waals surface area contributed by atoms with E-state index < -0.39 is 17.8 Å². The number of aromatic nitrogens is 1. The van der Waals surface area contributed by atoms with Crippen molar-refractivity contribution in [3.05, 3.63) is 53.9 Å². The van der Waals surface area contributed by atoms with Crippen LogP contribution in [0.5, 0.6) is 5.75 Å². The molecule has 0 radical (unpaired) electrons. The van der Waals surface area contributed by atoms with Crippen LogP contribution in [0.3, 0.4) is 0 Å². The van der Waals surface area contributed by atoms with Gasteiger partial charge in [0.25, 0.3) is 0 Å². The predicted octanol–water partition coefficient (Wildman–Crippen LogP) is 2.26. The predicted molar refractivity (Wildman–Crippen MR) is 100 cm³/mol. The first-order valence-electron chi connectivity index (χ1n) is 8.87. The molecule has 1 saturated heterocycles. The Morgan fingerprint density at radius 3 is 2.67 bits per heavy atom. The summed E-state index contributed by atoms with van der Waals surface area (Å²) < 4.78 is 0. The van der Waals surface area contributed by atoms with Crippen molar-refractivity contribution in [2.45, 2.75) is 19.9 Å². The number of pyridine rings is 1. The molecule has 27 heavy (non-hydrogen) atoms. The van der Waals surface area contributed by atoms with Crippen LogP contribution in [-0.4, -0.2) is 45.1 Å². The molecular formula is C20H23N3O4. The molecule has 2 atom stereocenters. The highest BCUT2D eigenvalue weighted by atomic mass is 16.4. The Balaban J connectivity index is 1.70. The Bertz CT molecular complexity index is 822. The second-order valence-electron chi connectivity index (χ2n) is 7.01. The summed E-state index contributed by atoms with van der Waals surface area (Å²) in [5.74, 6) is -1.97. The number of amides is 1. The lowest BCUT2D eigenvalue weighted by Gasteiger charge is -2.35. The molecule has 0 bridgehead atoms. The van der Waals surface area contributed by atoms with Crippen LogP contribution in [0.2, 0.25) is 0 Å². The van der Waals surface area contributed by atoms with Gasteiger partial charge in [-0.1, -0.05) is 12.1 Å². The van der Waals surface area contributed by atoms with E-state index in [1.54, 1.807) is 30.5 Å². The number of hydrogen-bond donors (Lipinski definition) is 3. The number of aryl methyl sites for hydroxylation is 1. The average molecular weight is 369 g/mol. The van der Waals surface area contributed by atoms with Crippen molar-refractivity contribution in [3.8, 4) is 5.75 Å². The number of phenolic OH excluding ortho intramolecular Hbond substituents is 1. The van der Waals surface area contributed by atoms with Crippen LogP contribution in [0.4, 0.5) is 5.69 Å². The van der Waals surface area contributed by atoms with Gasteiger partial charge in [0.2, 0.25) is 5.91 Å². The van der Waals surface area contributed by atoms with E-state index >= 15 is 0 Å². The molecule has 1 fully saturated rings. The fourth-order valence-electron chi connectivity index (χ4n) is 3.39. The third-order valence-electron chi connectivity index (χ3n) is 4.74. The van der Waals surface area contributed by atoms with Crippen molar-refractivity contribution in [1.29, 1.82) is 0 Å². The van der Waals surface area contributed by atoms with E-state index in [9.17, 15) is 19.8 Å². The molecule has 2 aromatic rings. The molecule has 2 heterocycles. The molecule has 3 rings (SSSR count). The molecule has 1 aromatic carbocycles. The number of aromatic hydroxyl groups is 1. The van der Waals surface area contributed by atoms with Gasteiger partial charge in [-0.3, -0.25) is 19.5 Å². The monoisotopic (exact) mass is 369 g/mol. The molecule has 1 aromatic heterocycles. The molecular weight excluding hydrogens is 346 g/mol. The molecule has 7 heteroatoms. The smallest absolute Gasteiger partial charge is 0.307 e. The van der Waals surface area contributed by atoms with E-state index in [1.807, 2.05) is 24.0 Å². The molecule has 0 unspecified atom stereocenters. The van der Waals surface area contributed by atoms with Crippen LogP contribution in [-0.2, 0) is 16.1 Å². The number of likely N-dealkylation sites (tertiary alicyclic amines) is 1. The number of carbonyl (C=O) groups excluding carboxylic acids is 1. The molecule has 0 saturated carbocycles. The van der Waals surface area contributed by atoms with Gasteiger partial charge >= 0.3 is 5.97 Å². The van der Waals surface area contributed by atoms with Crippen LogP contribution in [0.25, 0.3) is 0 Å². The summed E-state index contributed by atoms with van der Waals surface area (Å²) in [4.78, 5) is 30.3. The normalized spacial score (nSPS) is 20.2. The number of nitrogens with one attached hydrogen (secondary N) is 1. The number of carboxylic acid groups (broad SMARTS) is 1. The van der Waals surface area contributed by atoms with Crippen LogP contribution in [0.1, 0.15) is 17.7 Å². The zero-order chi connectivity index (χ0) is 19.4.